The highest BCUT2D eigenvalue weighted by molar-refractivity contribution is 5.43. The SMILES string of the molecule is C[C@@H]1Cc2cc([C@H]([NH3+])c3ccccc3)ccc2O1. The molecule has 3 N–H and O–H groups in total. The Hall–Kier alpha value is -1.80. The largest absolute Gasteiger partial charge is 0.490 e. The molecule has 0 saturated heterocycles. The number of quaternary nitrogens is 1. The Morgan fingerprint density at radius 2 is 1.89 bits per heavy atom. The van der Waals surface area contributed by atoms with Gasteiger partial charge in [-0.3, -0.25) is 0 Å². The first-order valence-electron chi connectivity index (χ1n) is 6.41. The molecule has 0 saturated carbocycles. The second-order valence-corrected chi connectivity index (χ2v) is 4.96. The minimum atomic E-state index is 0.187. The smallest absolute Gasteiger partial charge is 0.136 e. The van der Waals surface area contributed by atoms with Crippen LogP contribution in [0.5, 0.6) is 5.75 Å². The van der Waals surface area contributed by atoms with E-state index in [2.05, 4.69) is 55.1 Å². The van der Waals surface area contributed by atoms with Crippen LogP contribution in [0.15, 0.2) is 48.5 Å². The lowest BCUT2D eigenvalue weighted by Gasteiger charge is -2.10. The van der Waals surface area contributed by atoms with Crippen LogP contribution >= 0.6 is 0 Å². The predicted octanol–water partition coefficient (Wildman–Crippen LogP) is 2.34. The van der Waals surface area contributed by atoms with E-state index in [-0.39, 0.29) is 6.04 Å². The van der Waals surface area contributed by atoms with E-state index in [1.165, 1.54) is 16.7 Å². The minimum Gasteiger partial charge on any atom is -0.490 e. The van der Waals surface area contributed by atoms with Crippen molar-refractivity contribution in [2.24, 2.45) is 0 Å². The molecule has 2 aromatic rings. The number of rotatable bonds is 2. The Bertz CT molecular complexity index is 550. The Kier molecular flexibility index (Phi) is 2.80. The van der Waals surface area contributed by atoms with Crippen LogP contribution in [-0.4, -0.2) is 6.10 Å². The van der Waals surface area contributed by atoms with Gasteiger partial charge in [0.15, 0.2) is 0 Å². The normalized spacial score (nSPS) is 19.1. The van der Waals surface area contributed by atoms with E-state index in [9.17, 15) is 0 Å². The molecule has 2 nitrogen and oxygen atoms in total. The standard InChI is InChI=1S/C16H17NO/c1-11-9-14-10-13(7-8-15(14)18-11)16(17)12-5-3-2-4-6-12/h2-8,10-11,16H,9,17H2,1H3/p+1/t11-,16-/m1/s1. The van der Waals surface area contributed by atoms with Crippen LogP contribution in [0.1, 0.15) is 29.7 Å². The van der Waals surface area contributed by atoms with Gasteiger partial charge in [0.05, 0.1) is 0 Å². The molecular formula is C16H18NO+. The molecule has 0 aromatic heterocycles. The summed E-state index contributed by atoms with van der Waals surface area (Å²) in [5.74, 6) is 1.03. The molecule has 0 radical (unpaired) electrons. The Balaban J connectivity index is 1.92. The average molecular weight is 240 g/mol. The van der Waals surface area contributed by atoms with Gasteiger partial charge in [-0.1, -0.05) is 30.3 Å². The lowest BCUT2D eigenvalue weighted by molar-refractivity contribution is -0.411. The summed E-state index contributed by atoms with van der Waals surface area (Å²) in [6, 6.07) is 17.0. The molecule has 0 aliphatic carbocycles. The van der Waals surface area contributed by atoms with E-state index in [1.54, 1.807) is 0 Å². The zero-order valence-electron chi connectivity index (χ0n) is 10.6. The van der Waals surface area contributed by atoms with Crippen LogP contribution < -0.4 is 10.5 Å². The molecule has 1 aliphatic rings. The zero-order valence-corrected chi connectivity index (χ0v) is 10.6. The fourth-order valence-corrected chi connectivity index (χ4v) is 2.54. The van der Waals surface area contributed by atoms with Gasteiger partial charge in [0, 0.05) is 17.5 Å². The van der Waals surface area contributed by atoms with Crippen LogP contribution in [0.2, 0.25) is 0 Å². The predicted molar refractivity (Wildman–Crippen MR) is 71.4 cm³/mol. The number of hydrogen-bond acceptors (Lipinski definition) is 1. The van der Waals surface area contributed by atoms with Gasteiger partial charge in [-0.2, -0.15) is 0 Å². The molecule has 92 valence electrons. The van der Waals surface area contributed by atoms with Crippen LogP contribution in [0.25, 0.3) is 0 Å². The lowest BCUT2D eigenvalue weighted by atomic mass is 9.97. The lowest BCUT2D eigenvalue weighted by Crippen LogP contribution is -2.54. The fourth-order valence-electron chi connectivity index (χ4n) is 2.54. The third-order valence-electron chi connectivity index (χ3n) is 3.52. The molecule has 3 rings (SSSR count). The van der Waals surface area contributed by atoms with E-state index in [1.807, 2.05) is 6.07 Å². The molecule has 2 atom stereocenters. The Labute approximate surface area is 107 Å². The molecule has 1 heterocycles. The minimum absolute atomic E-state index is 0.187. The topological polar surface area (TPSA) is 36.9 Å². The van der Waals surface area contributed by atoms with Gasteiger partial charge in [-0.25, -0.2) is 0 Å². The van der Waals surface area contributed by atoms with Crippen molar-refractivity contribution in [2.75, 3.05) is 0 Å². The second kappa shape index (κ2) is 4.46. The van der Waals surface area contributed by atoms with E-state index in [0.29, 0.717) is 6.10 Å². The van der Waals surface area contributed by atoms with Crippen molar-refractivity contribution in [3.8, 4) is 5.75 Å². The Morgan fingerprint density at radius 1 is 1.11 bits per heavy atom. The first-order valence-corrected chi connectivity index (χ1v) is 6.41. The molecule has 18 heavy (non-hydrogen) atoms. The van der Waals surface area contributed by atoms with Crippen molar-refractivity contribution in [3.05, 3.63) is 65.2 Å². The molecule has 0 fully saturated rings. The maximum absolute atomic E-state index is 5.73. The molecule has 0 bridgehead atoms. The third-order valence-corrected chi connectivity index (χ3v) is 3.52. The van der Waals surface area contributed by atoms with E-state index in [4.69, 9.17) is 4.74 Å². The van der Waals surface area contributed by atoms with Crippen molar-refractivity contribution in [1.29, 1.82) is 0 Å². The maximum Gasteiger partial charge on any atom is 0.136 e. The van der Waals surface area contributed by atoms with Crippen molar-refractivity contribution < 1.29 is 10.5 Å². The van der Waals surface area contributed by atoms with Crippen LogP contribution in [0.3, 0.4) is 0 Å². The molecule has 1 aliphatic heterocycles. The maximum atomic E-state index is 5.73. The summed E-state index contributed by atoms with van der Waals surface area (Å²) in [6.07, 6.45) is 1.31. The summed E-state index contributed by atoms with van der Waals surface area (Å²) >= 11 is 0. The van der Waals surface area contributed by atoms with E-state index in [0.717, 1.165) is 12.2 Å². The van der Waals surface area contributed by atoms with Crippen molar-refractivity contribution >= 4 is 0 Å². The summed E-state index contributed by atoms with van der Waals surface area (Å²) < 4.78 is 5.73. The fraction of sp³-hybridized carbons (Fsp3) is 0.250. The molecular weight excluding hydrogens is 222 g/mol. The average Bonchev–Trinajstić information content (AvgIpc) is 2.78. The monoisotopic (exact) mass is 240 g/mol. The van der Waals surface area contributed by atoms with Gasteiger partial charge in [0.1, 0.15) is 17.9 Å². The van der Waals surface area contributed by atoms with E-state index >= 15 is 0 Å². The summed E-state index contributed by atoms with van der Waals surface area (Å²) in [5, 5.41) is 0. The van der Waals surface area contributed by atoms with Gasteiger partial charge in [0.2, 0.25) is 0 Å². The summed E-state index contributed by atoms with van der Waals surface area (Å²) in [6.45, 7) is 2.11. The zero-order chi connectivity index (χ0) is 12.5. The first kappa shape index (κ1) is 11.3. The Morgan fingerprint density at radius 3 is 2.67 bits per heavy atom. The molecule has 2 heteroatoms. The van der Waals surface area contributed by atoms with Gasteiger partial charge in [-0.05, 0) is 30.7 Å². The van der Waals surface area contributed by atoms with Crippen molar-refractivity contribution in [2.45, 2.75) is 25.5 Å². The first-order chi connectivity index (χ1) is 8.74. The number of benzene rings is 2. The third kappa shape index (κ3) is 2.00. The van der Waals surface area contributed by atoms with Crippen molar-refractivity contribution in [1.82, 2.24) is 0 Å². The summed E-state index contributed by atoms with van der Waals surface area (Å²) in [5.41, 5.74) is 8.11. The number of fused-ring (bicyclic) bond motifs is 1. The molecule has 0 unspecified atom stereocenters. The summed E-state index contributed by atoms with van der Waals surface area (Å²) in [4.78, 5) is 0. The van der Waals surface area contributed by atoms with E-state index < -0.39 is 0 Å². The number of hydrogen-bond donors (Lipinski definition) is 1. The molecule has 0 spiro atoms. The summed E-state index contributed by atoms with van der Waals surface area (Å²) in [7, 11) is 0. The van der Waals surface area contributed by atoms with Crippen LogP contribution in [0, 0.1) is 0 Å². The van der Waals surface area contributed by atoms with Gasteiger partial charge >= 0.3 is 0 Å². The highest BCUT2D eigenvalue weighted by Gasteiger charge is 2.21. The van der Waals surface area contributed by atoms with Gasteiger partial charge in [0.25, 0.3) is 0 Å². The second-order valence-electron chi connectivity index (χ2n) is 4.96. The molecule has 2 aromatic carbocycles. The highest BCUT2D eigenvalue weighted by atomic mass is 16.5. The van der Waals surface area contributed by atoms with Crippen LogP contribution in [0.4, 0.5) is 0 Å². The molecule has 0 amide bonds. The highest BCUT2D eigenvalue weighted by Crippen LogP contribution is 2.31. The van der Waals surface area contributed by atoms with Crippen LogP contribution in [-0.2, 0) is 6.42 Å². The number of ether oxygens (including phenoxy) is 1. The van der Waals surface area contributed by atoms with Gasteiger partial charge in [-0.15, -0.1) is 0 Å². The quantitative estimate of drug-likeness (QED) is 0.859. The van der Waals surface area contributed by atoms with Crippen molar-refractivity contribution in [3.63, 3.8) is 0 Å². The van der Waals surface area contributed by atoms with Gasteiger partial charge < -0.3 is 10.5 Å².